The maximum atomic E-state index is 13.0. The minimum atomic E-state index is -0.395. The Balaban J connectivity index is 2.21. The Bertz CT molecular complexity index is 1030. The van der Waals surface area contributed by atoms with E-state index in [-0.39, 0.29) is 29.3 Å². The fourth-order valence-electron chi connectivity index (χ4n) is 3.23. The van der Waals surface area contributed by atoms with Crippen LogP contribution in [0.2, 0.25) is 0 Å². The number of nitrogens with one attached hydrogen (secondary N) is 2. The highest BCUT2D eigenvalue weighted by Crippen LogP contribution is 2.28. The smallest absolute Gasteiger partial charge is 0.315 e. The van der Waals surface area contributed by atoms with Gasteiger partial charge in [0.25, 0.3) is 0 Å². The van der Waals surface area contributed by atoms with Gasteiger partial charge in [-0.2, -0.15) is 10.4 Å². The fourth-order valence-corrected chi connectivity index (χ4v) is 3.23. The Morgan fingerprint density at radius 3 is 2.33 bits per heavy atom. The Morgan fingerprint density at radius 1 is 1.12 bits per heavy atom. The average molecular weight is 453 g/mol. The van der Waals surface area contributed by atoms with Crippen molar-refractivity contribution in [2.75, 3.05) is 23.7 Å². The fraction of sp³-hybridized carbons (Fsp3) is 0.520. The summed E-state index contributed by atoms with van der Waals surface area (Å²) in [6, 6.07) is 10.2. The van der Waals surface area contributed by atoms with Crippen LogP contribution in [-0.2, 0) is 15.7 Å². The lowest BCUT2D eigenvalue weighted by Crippen LogP contribution is -2.43. The van der Waals surface area contributed by atoms with Crippen molar-refractivity contribution in [3.63, 3.8) is 0 Å². The number of rotatable bonds is 6. The molecule has 0 aliphatic heterocycles. The molecule has 1 aromatic heterocycles. The molecule has 33 heavy (non-hydrogen) atoms. The summed E-state index contributed by atoms with van der Waals surface area (Å²) in [5.41, 5.74) is 1.34. The van der Waals surface area contributed by atoms with Crippen LogP contribution in [0.1, 0.15) is 66.6 Å². The molecule has 2 aromatic rings. The summed E-state index contributed by atoms with van der Waals surface area (Å²) in [7, 11) is 0. The van der Waals surface area contributed by atoms with Crippen LogP contribution in [0.5, 0.6) is 0 Å². The second-order valence-electron chi connectivity index (χ2n) is 10.7. The number of anilines is 2. The van der Waals surface area contributed by atoms with E-state index in [1.54, 1.807) is 24.3 Å². The van der Waals surface area contributed by atoms with Crippen molar-refractivity contribution in [3.8, 4) is 6.07 Å². The number of carbonyl (C=O) groups excluding carboxylic acids is 2. The van der Waals surface area contributed by atoms with Gasteiger partial charge in [-0.3, -0.25) is 4.79 Å². The van der Waals surface area contributed by atoms with E-state index in [0.717, 1.165) is 5.69 Å². The van der Waals surface area contributed by atoms with E-state index in [1.807, 2.05) is 45.4 Å². The minimum absolute atomic E-state index is 0.109. The van der Waals surface area contributed by atoms with Gasteiger partial charge >= 0.3 is 6.03 Å². The standard InChI is InChI=1S/C25H36N6O2/c1-17(2)15-30(23(33)27-19-11-9-10-18(12-19)14-26)16-22(32)28-21-13-20(24(3,4)5)29-31(21)25(6,7)8/h9-13,17H,15-16H2,1-8H3,(H,27,33)(H,28,32). The quantitative estimate of drug-likeness (QED) is 0.648. The van der Waals surface area contributed by atoms with E-state index in [2.05, 4.69) is 37.5 Å². The molecule has 0 spiro atoms. The predicted octanol–water partition coefficient (Wildman–Crippen LogP) is 4.94. The molecule has 1 aromatic carbocycles. The summed E-state index contributed by atoms with van der Waals surface area (Å²) >= 11 is 0. The van der Waals surface area contributed by atoms with Crippen LogP contribution < -0.4 is 10.6 Å². The number of hydrogen-bond acceptors (Lipinski definition) is 4. The Kier molecular flexibility index (Phi) is 7.91. The molecule has 1 heterocycles. The van der Waals surface area contributed by atoms with Gasteiger partial charge in [0, 0.05) is 23.7 Å². The van der Waals surface area contributed by atoms with Crippen molar-refractivity contribution < 1.29 is 9.59 Å². The van der Waals surface area contributed by atoms with Crippen LogP contribution in [0, 0.1) is 17.2 Å². The molecular formula is C25H36N6O2. The number of aromatic nitrogens is 2. The van der Waals surface area contributed by atoms with Crippen molar-refractivity contribution in [2.24, 2.45) is 5.92 Å². The van der Waals surface area contributed by atoms with Gasteiger partial charge in [-0.15, -0.1) is 0 Å². The maximum absolute atomic E-state index is 13.0. The van der Waals surface area contributed by atoms with E-state index in [1.165, 1.54) is 4.90 Å². The van der Waals surface area contributed by atoms with Crippen LogP contribution in [0.3, 0.4) is 0 Å². The molecule has 178 valence electrons. The van der Waals surface area contributed by atoms with Gasteiger partial charge in [0.1, 0.15) is 12.4 Å². The van der Waals surface area contributed by atoms with E-state index < -0.39 is 6.03 Å². The van der Waals surface area contributed by atoms with Crippen LogP contribution in [-0.4, -0.2) is 39.7 Å². The topological polar surface area (TPSA) is 103 Å². The molecule has 0 saturated carbocycles. The van der Waals surface area contributed by atoms with E-state index in [4.69, 9.17) is 10.4 Å². The molecule has 3 amide bonds. The number of amides is 3. The first kappa shape index (κ1) is 25.9. The molecule has 2 N–H and O–H groups in total. The summed E-state index contributed by atoms with van der Waals surface area (Å²) in [5.74, 6) is 0.466. The zero-order valence-electron chi connectivity index (χ0n) is 21.0. The lowest BCUT2D eigenvalue weighted by molar-refractivity contribution is -0.116. The van der Waals surface area contributed by atoms with Crippen LogP contribution in [0.25, 0.3) is 0 Å². The Labute approximate surface area is 197 Å². The second kappa shape index (κ2) is 10.1. The molecule has 0 fully saturated rings. The molecule has 0 radical (unpaired) electrons. The first-order chi connectivity index (χ1) is 15.2. The van der Waals surface area contributed by atoms with E-state index in [9.17, 15) is 9.59 Å². The van der Waals surface area contributed by atoms with Gasteiger partial charge in [0.2, 0.25) is 5.91 Å². The lowest BCUT2D eigenvalue weighted by atomic mass is 9.92. The molecule has 8 heteroatoms. The molecule has 8 nitrogen and oxygen atoms in total. The first-order valence-corrected chi connectivity index (χ1v) is 11.2. The van der Waals surface area contributed by atoms with Crippen LogP contribution >= 0.6 is 0 Å². The van der Waals surface area contributed by atoms with Crippen molar-refractivity contribution in [1.82, 2.24) is 14.7 Å². The summed E-state index contributed by atoms with van der Waals surface area (Å²) in [4.78, 5) is 27.4. The average Bonchev–Trinajstić information content (AvgIpc) is 3.12. The normalized spacial score (nSPS) is 11.8. The highest BCUT2D eigenvalue weighted by molar-refractivity contribution is 5.96. The zero-order chi connectivity index (χ0) is 25.0. The number of urea groups is 1. The van der Waals surface area contributed by atoms with Crippen molar-refractivity contribution in [2.45, 2.75) is 66.3 Å². The molecule has 0 unspecified atom stereocenters. The monoisotopic (exact) mass is 452 g/mol. The third kappa shape index (κ3) is 7.35. The van der Waals surface area contributed by atoms with Crippen LogP contribution in [0.4, 0.5) is 16.3 Å². The third-order valence-electron chi connectivity index (χ3n) is 4.83. The highest BCUT2D eigenvalue weighted by Gasteiger charge is 2.26. The maximum Gasteiger partial charge on any atom is 0.322 e. The summed E-state index contributed by atoms with van der Waals surface area (Å²) < 4.78 is 1.81. The first-order valence-electron chi connectivity index (χ1n) is 11.2. The third-order valence-corrected chi connectivity index (χ3v) is 4.83. The van der Waals surface area contributed by atoms with Gasteiger partial charge in [-0.1, -0.05) is 40.7 Å². The molecule has 0 bridgehead atoms. The van der Waals surface area contributed by atoms with Crippen LogP contribution in [0.15, 0.2) is 30.3 Å². The van der Waals surface area contributed by atoms with Crippen molar-refractivity contribution in [1.29, 1.82) is 5.26 Å². The van der Waals surface area contributed by atoms with Crippen molar-refractivity contribution in [3.05, 3.63) is 41.6 Å². The lowest BCUT2D eigenvalue weighted by Gasteiger charge is -2.26. The molecule has 0 aliphatic rings. The zero-order valence-corrected chi connectivity index (χ0v) is 21.0. The number of nitrogens with zero attached hydrogens (tertiary/aromatic N) is 4. The number of benzene rings is 1. The molecule has 0 saturated heterocycles. The predicted molar refractivity (Wildman–Crippen MR) is 131 cm³/mol. The van der Waals surface area contributed by atoms with Gasteiger partial charge in [0.05, 0.1) is 22.9 Å². The van der Waals surface area contributed by atoms with Crippen molar-refractivity contribution >= 4 is 23.4 Å². The van der Waals surface area contributed by atoms with Gasteiger partial charge in [-0.25, -0.2) is 9.48 Å². The second-order valence-corrected chi connectivity index (χ2v) is 10.7. The van der Waals surface area contributed by atoms with E-state index in [0.29, 0.717) is 23.6 Å². The number of carbonyl (C=O) groups is 2. The Hall–Kier alpha value is -3.34. The van der Waals surface area contributed by atoms with Gasteiger partial charge in [0.15, 0.2) is 0 Å². The molecule has 2 rings (SSSR count). The van der Waals surface area contributed by atoms with Gasteiger partial charge in [-0.05, 0) is 44.9 Å². The largest absolute Gasteiger partial charge is 0.322 e. The molecule has 0 aliphatic carbocycles. The summed E-state index contributed by atoms with van der Waals surface area (Å²) in [6.07, 6.45) is 0. The number of nitriles is 1. The summed E-state index contributed by atoms with van der Waals surface area (Å²) in [5, 5.41) is 19.5. The number of hydrogen-bond donors (Lipinski definition) is 2. The van der Waals surface area contributed by atoms with Gasteiger partial charge < -0.3 is 15.5 Å². The van der Waals surface area contributed by atoms with E-state index >= 15 is 0 Å². The summed E-state index contributed by atoms with van der Waals surface area (Å²) in [6.45, 7) is 16.6. The molecule has 0 atom stereocenters. The minimum Gasteiger partial charge on any atom is -0.315 e. The Morgan fingerprint density at radius 2 is 1.79 bits per heavy atom. The highest BCUT2D eigenvalue weighted by atomic mass is 16.2. The SMILES string of the molecule is CC(C)CN(CC(=O)Nc1cc(C(C)(C)C)nn1C(C)(C)C)C(=O)Nc1cccc(C#N)c1. The molecular weight excluding hydrogens is 416 g/mol.